The summed E-state index contributed by atoms with van der Waals surface area (Å²) in [6.45, 7) is -0.00921. The van der Waals surface area contributed by atoms with Crippen LogP contribution in [0.15, 0.2) is 62.6 Å². The molecule has 0 saturated heterocycles. The molecular formula is C22H20F2N4O3. The standard InChI is InChI=1S/C22H20F2N4O3/c1-26-20-18(21(30)27(22(26)31)10-3-11-29)28(13-14-6-8-16(23)9-7-14)19(25-20)15-4-2-5-17(24)12-15/h5-6,8,12,29H,2-4,10-11,13H2,1H3. The first-order valence-electron chi connectivity index (χ1n) is 9.86. The predicted octanol–water partition coefficient (Wildman–Crippen LogP) is 2.41. The Morgan fingerprint density at radius 3 is 2.68 bits per heavy atom. The number of allylic oxidation sites excluding steroid dienone is 8. The van der Waals surface area contributed by atoms with Gasteiger partial charge in [0.25, 0.3) is 5.56 Å². The Morgan fingerprint density at radius 2 is 2.00 bits per heavy atom. The lowest BCUT2D eigenvalue weighted by Crippen LogP contribution is -2.40. The molecule has 2 aromatic heterocycles. The van der Waals surface area contributed by atoms with Gasteiger partial charge in [0, 0.05) is 25.8 Å². The number of aromatic nitrogens is 4. The van der Waals surface area contributed by atoms with Crippen LogP contribution < -0.4 is 11.2 Å². The van der Waals surface area contributed by atoms with Gasteiger partial charge in [-0.3, -0.25) is 13.9 Å². The zero-order chi connectivity index (χ0) is 22.1. The molecule has 4 rings (SSSR count). The summed E-state index contributed by atoms with van der Waals surface area (Å²) in [6.07, 6.45) is 6.83. The molecule has 31 heavy (non-hydrogen) atoms. The van der Waals surface area contributed by atoms with Gasteiger partial charge in [0.1, 0.15) is 11.7 Å². The smallest absolute Gasteiger partial charge is 0.332 e. The molecule has 0 bridgehead atoms. The Labute approximate surface area is 175 Å². The van der Waals surface area contributed by atoms with Crippen molar-refractivity contribution in [1.82, 2.24) is 18.7 Å². The van der Waals surface area contributed by atoms with E-state index in [9.17, 15) is 18.4 Å². The predicted molar refractivity (Wildman–Crippen MR) is 112 cm³/mol. The second-order valence-electron chi connectivity index (χ2n) is 7.32. The summed E-state index contributed by atoms with van der Waals surface area (Å²) in [6, 6.07) is 0. The van der Waals surface area contributed by atoms with Crippen LogP contribution in [-0.2, 0) is 20.1 Å². The van der Waals surface area contributed by atoms with Crippen LogP contribution >= 0.6 is 0 Å². The number of hydrogen-bond donors (Lipinski definition) is 1. The van der Waals surface area contributed by atoms with Crippen molar-refractivity contribution in [3.63, 3.8) is 0 Å². The van der Waals surface area contributed by atoms with Gasteiger partial charge >= 0.3 is 5.69 Å². The molecule has 7 nitrogen and oxygen atoms in total. The maximum absolute atomic E-state index is 14.0. The molecule has 9 heteroatoms. The third-order valence-corrected chi connectivity index (χ3v) is 5.23. The molecule has 0 aromatic carbocycles. The van der Waals surface area contributed by atoms with Gasteiger partial charge in [-0.25, -0.2) is 14.2 Å². The number of aliphatic hydroxyl groups is 1. The number of imidazole rings is 1. The second kappa shape index (κ2) is 8.32. The van der Waals surface area contributed by atoms with E-state index in [-0.39, 0.29) is 37.3 Å². The molecule has 0 aliphatic heterocycles. The fraction of sp³-hybridized carbons (Fsp3) is 0.318. The van der Waals surface area contributed by atoms with Crippen LogP contribution in [0.3, 0.4) is 0 Å². The Morgan fingerprint density at radius 1 is 1.19 bits per heavy atom. The molecular weight excluding hydrogens is 406 g/mol. The molecule has 0 unspecified atom stereocenters. The van der Waals surface area contributed by atoms with E-state index in [0.29, 0.717) is 29.8 Å². The van der Waals surface area contributed by atoms with Crippen molar-refractivity contribution in [2.75, 3.05) is 6.61 Å². The zero-order valence-corrected chi connectivity index (χ0v) is 16.9. The van der Waals surface area contributed by atoms with E-state index in [0.717, 1.165) is 4.57 Å². The zero-order valence-electron chi connectivity index (χ0n) is 16.9. The summed E-state index contributed by atoms with van der Waals surface area (Å²) in [5, 5.41) is 9.13. The molecule has 0 saturated carbocycles. The van der Waals surface area contributed by atoms with Crippen LogP contribution in [0.4, 0.5) is 8.78 Å². The molecule has 1 N–H and O–H groups in total. The highest BCUT2D eigenvalue weighted by molar-refractivity contribution is 5.77. The minimum absolute atomic E-state index is 0.0506. The fourth-order valence-electron chi connectivity index (χ4n) is 3.70. The average Bonchev–Trinajstić information content (AvgIpc) is 3.13. The highest BCUT2D eigenvalue weighted by Crippen LogP contribution is 2.29. The molecule has 0 atom stereocenters. The SMILES string of the molecule is Cn1c(=O)n(CCCO)c(=O)c2c1nc(C1=CC(F)=CCC1)n2CC1=C=C=C(F)C=C1. The number of fused-ring (bicyclic) bond motifs is 1. The van der Waals surface area contributed by atoms with Gasteiger partial charge in [0.15, 0.2) is 17.0 Å². The number of hydrogen-bond acceptors (Lipinski definition) is 4. The summed E-state index contributed by atoms with van der Waals surface area (Å²) in [5.41, 5.74) is 5.46. The quantitative estimate of drug-likeness (QED) is 0.720. The maximum atomic E-state index is 14.0. The summed E-state index contributed by atoms with van der Waals surface area (Å²) in [5.74, 6) is -0.589. The molecule has 160 valence electrons. The van der Waals surface area contributed by atoms with E-state index < -0.39 is 22.9 Å². The van der Waals surface area contributed by atoms with Gasteiger partial charge in [-0.05, 0) is 54.9 Å². The molecule has 2 aliphatic carbocycles. The maximum Gasteiger partial charge on any atom is 0.332 e. The number of aliphatic hydroxyl groups excluding tert-OH is 1. The van der Waals surface area contributed by atoms with Crippen molar-refractivity contribution < 1.29 is 13.9 Å². The third kappa shape index (κ3) is 3.82. The van der Waals surface area contributed by atoms with Crippen molar-refractivity contribution >= 4 is 16.7 Å². The van der Waals surface area contributed by atoms with Gasteiger partial charge in [-0.1, -0.05) is 5.73 Å². The van der Waals surface area contributed by atoms with E-state index in [1.165, 1.54) is 35.9 Å². The number of aryl methyl sites for hydroxylation is 1. The first kappa shape index (κ1) is 20.8. The van der Waals surface area contributed by atoms with Crippen LogP contribution in [0.5, 0.6) is 0 Å². The summed E-state index contributed by atoms with van der Waals surface area (Å²) in [7, 11) is 1.51. The summed E-state index contributed by atoms with van der Waals surface area (Å²) < 4.78 is 31.2. The Kier molecular flexibility index (Phi) is 5.57. The highest BCUT2D eigenvalue weighted by atomic mass is 19.1. The lowest BCUT2D eigenvalue weighted by Gasteiger charge is -2.14. The van der Waals surface area contributed by atoms with Crippen LogP contribution in [-0.4, -0.2) is 30.4 Å². The normalized spacial score (nSPS) is 15.7. The van der Waals surface area contributed by atoms with E-state index in [4.69, 9.17) is 5.11 Å². The van der Waals surface area contributed by atoms with E-state index in [2.05, 4.69) is 16.4 Å². The van der Waals surface area contributed by atoms with Crippen LogP contribution in [0.25, 0.3) is 16.7 Å². The number of rotatable bonds is 6. The van der Waals surface area contributed by atoms with Gasteiger partial charge in [-0.15, -0.1) is 0 Å². The average molecular weight is 426 g/mol. The second-order valence-corrected chi connectivity index (χ2v) is 7.32. The van der Waals surface area contributed by atoms with Gasteiger partial charge in [0.2, 0.25) is 0 Å². The molecule has 0 spiro atoms. The number of nitrogens with zero attached hydrogens (tertiary/aromatic N) is 4. The monoisotopic (exact) mass is 426 g/mol. The van der Waals surface area contributed by atoms with Crippen molar-refractivity contribution in [3.05, 3.63) is 79.7 Å². The van der Waals surface area contributed by atoms with E-state index in [1.807, 2.05) is 0 Å². The van der Waals surface area contributed by atoms with Gasteiger partial charge in [-0.2, -0.15) is 4.39 Å². The fourth-order valence-corrected chi connectivity index (χ4v) is 3.70. The number of halogens is 2. The van der Waals surface area contributed by atoms with Crippen molar-refractivity contribution in [2.24, 2.45) is 7.05 Å². The minimum atomic E-state index is -0.560. The Hall–Kier alpha value is -3.51. The van der Waals surface area contributed by atoms with Gasteiger partial charge in [0.05, 0.1) is 6.54 Å². The van der Waals surface area contributed by atoms with Gasteiger partial charge < -0.3 is 9.67 Å². The Bertz CT molecular complexity index is 1390. The lowest BCUT2D eigenvalue weighted by molar-refractivity contribution is 0.277. The first-order valence-corrected chi connectivity index (χ1v) is 9.86. The first-order chi connectivity index (χ1) is 14.9. The lowest BCUT2D eigenvalue weighted by atomic mass is 10.0. The molecule has 0 amide bonds. The van der Waals surface area contributed by atoms with Crippen LogP contribution in [0.1, 0.15) is 25.1 Å². The molecule has 0 radical (unpaired) electrons. The summed E-state index contributed by atoms with van der Waals surface area (Å²) >= 11 is 0. The topological polar surface area (TPSA) is 82.0 Å². The van der Waals surface area contributed by atoms with E-state index >= 15 is 0 Å². The molecule has 2 heterocycles. The van der Waals surface area contributed by atoms with Crippen molar-refractivity contribution in [3.8, 4) is 0 Å². The van der Waals surface area contributed by atoms with Crippen molar-refractivity contribution in [2.45, 2.75) is 32.4 Å². The summed E-state index contributed by atoms with van der Waals surface area (Å²) in [4.78, 5) is 30.5. The highest BCUT2D eigenvalue weighted by Gasteiger charge is 2.23. The molecule has 2 aromatic rings. The molecule has 2 aliphatic rings. The van der Waals surface area contributed by atoms with Crippen LogP contribution in [0.2, 0.25) is 0 Å². The third-order valence-electron chi connectivity index (χ3n) is 5.23. The molecule has 0 fully saturated rings. The van der Waals surface area contributed by atoms with E-state index in [1.54, 1.807) is 4.57 Å². The largest absolute Gasteiger partial charge is 0.396 e. The minimum Gasteiger partial charge on any atom is -0.396 e. The Balaban J connectivity index is 2.02. The van der Waals surface area contributed by atoms with Crippen molar-refractivity contribution in [1.29, 1.82) is 0 Å². The van der Waals surface area contributed by atoms with Crippen LogP contribution in [0, 0.1) is 0 Å².